The molecule has 3 aromatic rings. The molecular weight excluding hydrogens is 448 g/mol. The van der Waals surface area contributed by atoms with Crippen molar-refractivity contribution >= 4 is 38.4 Å². The summed E-state index contributed by atoms with van der Waals surface area (Å²) in [6.07, 6.45) is -1.19. The lowest BCUT2D eigenvalue weighted by molar-refractivity contribution is -0.123. The third-order valence-electron chi connectivity index (χ3n) is 4.70. The van der Waals surface area contributed by atoms with Gasteiger partial charge in [-0.1, -0.05) is 32.0 Å². The molecule has 2 aromatic carbocycles. The first-order chi connectivity index (χ1) is 15.5. The number of nitrogens with two attached hydrogens (primary N) is 1. The van der Waals surface area contributed by atoms with Gasteiger partial charge in [-0.25, -0.2) is 23.0 Å². The first-order valence-corrected chi connectivity index (χ1v) is 11.7. The molecule has 11 heteroatoms. The van der Waals surface area contributed by atoms with Gasteiger partial charge in [0, 0.05) is 17.6 Å². The molecule has 0 spiro atoms. The van der Waals surface area contributed by atoms with E-state index in [-0.39, 0.29) is 22.1 Å². The number of fused-ring (bicyclic) bond motifs is 1. The van der Waals surface area contributed by atoms with Gasteiger partial charge in [-0.3, -0.25) is 9.59 Å². The van der Waals surface area contributed by atoms with Crippen LogP contribution in [0.3, 0.4) is 0 Å². The number of nitrogens with zero attached hydrogens (tertiary/aromatic N) is 2. The molecule has 1 heterocycles. The second-order valence-electron chi connectivity index (χ2n) is 7.88. The highest BCUT2D eigenvalue weighted by atomic mass is 32.2. The van der Waals surface area contributed by atoms with Crippen LogP contribution in [0.1, 0.15) is 31.3 Å². The molecule has 0 saturated heterocycles. The smallest absolute Gasteiger partial charge is 0.360 e. The second-order valence-corrected chi connectivity index (χ2v) is 9.44. The number of rotatable bonds is 7. The lowest BCUT2D eigenvalue weighted by atomic mass is 10.1. The molecule has 10 nitrogen and oxygen atoms in total. The third kappa shape index (κ3) is 5.62. The van der Waals surface area contributed by atoms with Crippen LogP contribution in [0, 0.1) is 5.92 Å². The molecule has 3 N–H and O–H groups in total. The molecular formula is C22H24N4O6S. The largest absolute Gasteiger partial charge is 0.448 e. The second kappa shape index (κ2) is 9.51. The van der Waals surface area contributed by atoms with Gasteiger partial charge in [0.2, 0.25) is 10.0 Å². The van der Waals surface area contributed by atoms with Gasteiger partial charge in [-0.15, -0.1) is 0 Å². The average molecular weight is 473 g/mol. The van der Waals surface area contributed by atoms with E-state index < -0.39 is 28.0 Å². The quantitative estimate of drug-likeness (QED) is 0.498. The fourth-order valence-corrected chi connectivity index (χ4v) is 3.61. The molecule has 0 aliphatic rings. The molecule has 0 saturated carbocycles. The monoisotopic (exact) mass is 472 g/mol. The van der Waals surface area contributed by atoms with Crippen LogP contribution < -0.4 is 16.0 Å². The summed E-state index contributed by atoms with van der Waals surface area (Å²) in [5.41, 5.74) is -0.0862. The maximum atomic E-state index is 12.9. The van der Waals surface area contributed by atoms with E-state index in [9.17, 15) is 22.8 Å². The van der Waals surface area contributed by atoms with Gasteiger partial charge in [-0.05, 0) is 43.2 Å². The van der Waals surface area contributed by atoms with Crippen LogP contribution in [0.15, 0.2) is 58.2 Å². The normalized spacial score (nSPS) is 12.5. The van der Waals surface area contributed by atoms with Crippen LogP contribution in [0.25, 0.3) is 10.8 Å². The van der Waals surface area contributed by atoms with Crippen LogP contribution in [0.5, 0.6) is 0 Å². The van der Waals surface area contributed by atoms with Crippen molar-refractivity contribution < 1.29 is 22.7 Å². The lowest BCUT2D eigenvalue weighted by Gasteiger charge is -2.15. The van der Waals surface area contributed by atoms with Crippen molar-refractivity contribution in [2.24, 2.45) is 11.1 Å². The van der Waals surface area contributed by atoms with E-state index in [0.717, 1.165) is 0 Å². The molecule has 3 rings (SSSR count). The molecule has 0 radical (unpaired) electrons. The number of primary sulfonamides is 1. The number of amides is 1. The van der Waals surface area contributed by atoms with Crippen LogP contribution >= 0.6 is 0 Å². The zero-order valence-electron chi connectivity index (χ0n) is 18.3. The van der Waals surface area contributed by atoms with Crippen LogP contribution in [-0.4, -0.2) is 36.2 Å². The Kier molecular flexibility index (Phi) is 6.94. The molecule has 174 valence electrons. The summed E-state index contributed by atoms with van der Waals surface area (Å²) in [5, 5.41) is 12.4. The number of anilines is 1. The summed E-state index contributed by atoms with van der Waals surface area (Å²) in [5.74, 6) is -1.37. The predicted molar refractivity (Wildman–Crippen MR) is 122 cm³/mol. The van der Waals surface area contributed by atoms with Crippen LogP contribution in [0.4, 0.5) is 5.69 Å². The molecule has 1 aromatic heterocycles. The van der Waals surface area contributed by atoms with Crippen LogP contribution in [0.2, 0.25) is 0 Å². The Morgan fingerprint density at radius 3 is 2.24 bits per heavy atom. The molecule has 0 aliphatic heterocycles. The summed E-state index contributed by atoms with van der Waals surface area (Å²) >= 11 is 0. The maximum Gasteiger partial charge on any atom is 0.360 e. The van der Waals surface area contributed by atoms with E-state index in [4.69, 9.17) is 9.88 Å². The maximum absolute atomic E-state index is 12.9. The molecule has 1 atom stereocenters. The Hall–Kier alpha value is -3.57. The minimum atomic E-state index is -3.86. The standard InChI is InChI=1S/C22H24N4O6S/c1-13(2)12-26-21(28)18-7-5-4-6-17(18)19(25-26)22(29)32-14(3)20(27)24-15-8-10-16(11-9-15)33(23,30)31/h4-11,13-14H,12H2,1-3H3,(H,24,27)(H2,23,30,31). The lowest BCUT2D eigenvalue weighted by Crippen LogP contribution is -2.32. The fraction of sp³-hybridized carbons (Fsp3) is 0.273. The van der Waals surface area contributed by atoms with Crippen molar-refractivity contribution in [3.63, 3.8) is 0 Å². The van der Waals surface area contributed by atoms with E-state index in [2.05, 4.69) is 10.4 Å². The van der Waals surface area contributed by atoms with Gasteiger partial charge in [-0.2, -0.15) is 5.10 Å². The van der Waals surface area contributed by atoms with Gasteiger partial charge < -0.3 is 10.1 Å². The van der Waals surface area contributed by atoms with Crippen LogP contribution in [-0.2, 0) is 26.1 Å². The van der Waals surface area contributed by atoms with Crippen molar-refractivity contribution in [3.05, 3.63) is 64.6 Å². The Morgan fingerprint density at radius 1 is 1.06 bits per heavy atom. The first-order valence-electron chi connectivity index (χ1n) is 10.1. The van der Waals surface area contributed by atoms with E-state index in [1.54, 1.807) is 24.3 Å². The number of carbonyl (C=O) groups is 2. The highest BCUT2D eigenvalue weighted by Crippen LogP contribution is 2.17. The van der Waals surface area contributed by atoms with Crippen molar-refractivity contribution in [2.45, 2.75) is 38.3 Å². The summed E-state index contributed by atoms with van der Waals surface area (Å²) in [6, 6.07) is 11.8. The van der Waals surface area contributed by atoms with Gasteiger partial charge in [0.1, 0.15) is 0 Å². The number of hydrogen-bond donors (Lipinski definition) is 2. The number of ether oxygens (including phenoxy) is 1. The molecule has 1 amide bonds. The van der Waals surface area contributed by atoms with E-state index >= 15 is 0 Å². The molecule has 0 bridgehead atoms. The number of carbonyl (C=O) groups excluding carboxylic acids is 2. The number of sulfonamides is 1. The van der Waals surface area contributed by atoms with Gasteiger partial charge in [0.25, 0.3) is 11.5 Å². The summed E-state index contributed by atoms with van der Waals surface area (Å²) in [4.78, 5) is 37.9. The van der Waals surface area contributed by atoms with Gasteiger partial charge in [0.05, 0.1) is 10.3 Å². The van der Waals surface area contributed by atoms with E-state index in [1.807, 2.05) is 13.8 Å². The van der Waals surface area contributed by atoms with E-state index in [1.165, 1.54) is 35.9 Å². The number of nitrogens with one attached hydrogen (secondary N) is 1. The molecule has 33 heavy (non-hydrogen) atoms. The predicted octanol–water partition coefficient (Wildman–Crippen LogP) is 1.88. The molecule has 1 unspecified atom stereocenters. The molecule has 0 fully saturated rings. The summed E-state index contributed by atoms with van der Waals surface area (Å²) < 4.78 is 29.2. The highest BCUT2D eigenvalue weighted by molar-refractivity contribution is 7.89. The minimum absolute atomic E-state index is 0.0667. The first kappa shape index (κ1) is 24.1. The highest BCUT2D eigenvalue weighted by Gasteiger charge is 2.23. The zero-order chi connectivity index (χ0) is 24.3. The Morgan fingerprint density at radius 2 is 1.67 bits per heavy atom. The van der Waals surface area contributed by atoms with E-state index in [0.29, 0.717) is 23.0 Å². The zero-order valence-corrected chi connectivity index (χ0v) is 19.1. The number of hydrogen-bond acceptors (Lipinski definition) is 7. The summed E-state index contributed by atoms with van der Waals surface area (Å²) in [7, 11) is -3.86. The van der Waals surface area contributed by atoms with Gasteiger partial charge in [0.15, 0.2) is 11.8 Å². The Balaban J connectivity index is 1.81. The SMILES string of the molecule is CC(C)Cn1nc(C(=O)OC(C)C(=O)Nc2ccc(S(N)(=O)=O)cc2)c2ccccc2c1=O. The number of esters is 1. The minimum Gasteiger partial charge on any atom is -0.448 e. The third-order valence-corrected chi connectivity index (χ3v) is 5.63. The molecule has 0 aliphatic carbocycles. The number of aromatic nitrogens is 2. The fourth-order valence-electron chi connectivity index (χ4n) is 3.10. The van der Waals surface area contributed by atoms with Crippen molar-refractivity contribution in [1.82, 2.24) is 9.78 Å². The Bertz CT molecular complexity index is 1360. The average Bonchev–Trinajstić information content (AvgIpc) is 2.75. The van der Waals surface area contributed by atoms with Crippen molar-refractivity contribution in [3.8, 4) is 0 Å². The van der Waals surface area contributed by atoms with Crippen molar-refractivity contribution in [1.29, 1.82) is 0 Å². The Labute approximate surface area is 190 Å². The topological polar surface area (TPSA) is 150 Å². The number of benzene rings is 2. The van der Waals surface area contributed by atoms with Crippen molar-refractivity contribution in [2.75, 3.05) is 5.32 Å². The summed E-state index contributed by atoms with van der Waals surface area (Å²) in [6.45, 7) is 5.54. The van der Waals surface area contributed by atoms with Gasteiger partial charge >= 0.3 is 5.97 Å².